The quantitative estimate of drug-likeness (QED) is 0.733. The van der Waals surface area contributed by atoms with Crippen molar-refractivity contribution in [2.75, 3.05) is 11.9 Å². The number of fused-ring (bicyclic) bond motifs is 1. The van der Waals surface area contributed by atoms with Gasteiger partial charge in [-0.3, -0.25) is 4.79 Å². The highest BCUT2D eigenvalue weighted by Crippen LogP contribution is 2.17. The molecule has 0 saturated carbocycles. The molecule has 0 bridgehead atoms. The number of rotatable bonds is 4. The molecule has 3 aromatic rings. The number of aryl methyl sites for hydroxylation is 1. The van der Waals surface area contributed by atoms with Crippen LogP contribution >= 0.6 is 0 Å². The molecule has 0 fully saturated rings. The topological polar surface area (TPSA) is 107 Å². The second-order valence-electron chi connectivity index (χ2n) is 4.45. The molecule has 8 heteroatoms. The van der Waals surface area contributed by atoms with E-state index in [0.717, 1.165) is 0 Å². The van der Waals surface area contributed by atoms with Gasteiger partial charge in [-0.1, -0.05) is 11.2 Å². The molecule has 1 N–H and O–H groups in total. The van der Waals surface area contributed by atoms with Gasteiger partial charge in [0, 0.05) is 6.07 Å². The Morgan fingerprint density at radius 2 is 2.23 bits per heavy atom. The van der Waals surface area contributed by atoms with Gasteiger partial charge in [0.05, 0.1) is 5.56 Å². The van der Waals surface area contributed by atoms with Gasteiger partial charge >= 0.3 is 5.97 Å². The van der Waals surface area contributed by atoms with Gasteiger partial charge < -0.3 is 19.0 Å². The van der Waals surface area contributed by atoms with E-state index in [1.807, 2.05) is 0 Å². The van der Waals surface area contributed by atoms with Crippen molar-refractivity contribution in [3.8, 4) is 0 Å². The number of esters is 1. The fraction of sp³-hybridized carbons (Fsp3) is 0.143. The number of amides is 1. The highest BCUT2D eigenvalue weighted by Gasteiger charge is 2.16. The third kappa shape index (κ3) is 2.80. The Labute approximate surface area is 124 Å². The van der Waals surface area contributed by atoms with Crippen LogP contribution in [0.1, 0.15) is 16.1 Å². The Kier molecular flexibility index (Phi) is 3.57. The Balaban J connectivity index is 1.62. The van der Waals surface area contributed by atoms with Crippen molar-refractivity contribution >= 4 is 28.8 Å². The number of carbonyl (C=O) groups excluding carboxylic acids is 2. The van der Waals surface area contributed by atoms with Gasteiger partial charge in [0.1, 0.15) is 11.3 Å². The molecular weight excluding hydrogens is 290 g/mol. The van der Waals surface area contributed by atoms with Crippen molar-refractivity contribution in [1.29, 1.82) is 0 Å². The third-order valence-electron chi connectivity index (χ3n) is 2.81. The maximum atomic E-state index is 12.0. The first kappa shape index (κ1) is 13.8. The number of oxazole rings is 1. The summed E-state index contributed by atoms with van der Waals surface area (Å²) in [6.07, 6.45) is 1.24. The average molecular weight is 301 g/mol. The van der Waals surface area contributed by atoms with E-state index in [1.54, 1.807) is 31.2 Å². The monoisotopic (exact) mass is 301 g/mol. The van der Waals surface area contributed by atoms with Crippen LogP contribution in [-0.2, 0) is 9.53 Å². The molecule has 112 valence electrons. The lowest BCUT2D eigenvalue weighted by Crippen LogP contribution is -2.21. The maximum Gasteiger partial charge on any atom is 0.340 e. The van der Waals surface area contributed by atoms with E-state index in [-0.39, 0.29) is 11.4 Å². The summed E-state index contributed by atoms with van der Waals surface area (Å²) < 4.78 is 14.9. The van der Waals surface area contributed by atoms with Gasteiger partial charge in [0.25, 0.3) is 5.91 Å². The van der Waals surface area contributed by atoms with Gasteiger partial charge in [0.15, 0.2) is 24.4 Å². The summed E-state index contributed by atoms with van der Waals surface area (Å²) in [6.45, 7) is 1.25. The van der Waals surface area contributed by atoms with Crippen molar-refractivity contribution in [1.82, 2.24) is 10.1 Å². The minimum atomic E-state index is -0.661. The number of nitrogens with one attached hydrogen (secondary N) is 1. The molecule has 1 aromatic carbocycles. The molecule has 0 unspecified atom stereocenters. The molecule has 0 aliphatic rings. The number of para-hydroxylation sites is 1. The van der Waals surface area contributed by atoms with Crippen LogP contribution in [0.25, 0.3) is 11.1 Å². The lowest BCUT2D eigenvalue weighted by Gasteiger charge is -2.04. The summed E-state index contributed by atoms with van der Waals surface area (Å²) in [7, 11) is 0. The van der Waals surface area contributed by atoms with Gasteiger partial charge in [0.2, 0.25) is 0 Å². The molecule has 1 amide bonds. The molecule has 0 aliphatic carbocycles. The molecule has 8 nitrogen and oxygen atoms in total. The Morgan fingerprint density at radius 3 is 3.00 bits per heavy atom. The van der Waals surface area contributed by atoms with E-state index in [2.05, 4.69) is 15.5 Å². The second-order valence-corrected chi connectivity index (χ2v) is 4.45. The normalized spacial score (nSPS) is 10.6. The Morgan fingerprint density at radius 1 is 1.36 bits per heavy atom. The van der Waals surface area contributed by atoms with Crippen molar-refractivity contribution < 1.29 is 23.3 Å². The van der Waals surface area contributed by atoms with E-state index < -0.39 is 18.5 Å². The highest BCUT2D eigenvalue weighted by atomic mass is 16.5. The maximum absolute atomic E-state index is 12.0. The van der Waals surface area contributed by atoms with Crippen molar-refractivity contribution in [2.45, 2.75) is 6.92 Å². The number of anilines is 1. The third-order valence-corrected chi connectivity index (χ3v) is 2.81. The minimum Gasteiger partial charge on any atom is -0.452 e. The minimum absolute atomic E-state index is 0.233. The predicted octanol–water partition coefficient (Wildman–Crippen LogP) is 1.92. The summed E-state index contributed by atoms with van der Waals surface area (Å²) in [4.78, 5) is 27.6. The van der Waals surface area contributed by atoms with Crippen LogP contribution in [0.4, 0.5) is 5.82 Å². The zero-order chi connectivity index (χ0) is 15.5. The van der Waals surface area contributed by atoms with Crippen LogP contribution in [0.5, 0.6) is 0 Å². The molecule has 0 atom stereocenters. The molecule has 0 spiro atoms. The molecule has 0 aliphatic heterocycles. The highest BCUT2D eigenvalue weighted by molar-refractivity contribution is 6.02. The first-order valence-corrected chi connectivity index (χ1v) is 6.36. The molecule has 3 rings (SSSR count). The number of benzene rings is 1. The number of ether oxygens (including phenoxy) is 1. The second kappa shape index (κ2) is 5.68. The van der Waals surface area contributed by atoms with E-state index in [4.69, 9.17) is 13.7 Å². The smallest absolute Gasteiger partial charge is 0.340 e. The molecule has 0 saturated heterocycles. The number of hydrogen-bond acceptors (Lipinski definition) is 7. The van der Waals surface area contributed by atoms with E-state index in [9.17, 15) is 9.59 Å². The van der Waals surface area contributed by atoms with Gasteiger partial charge in [-0.05, 0) is 19.1 Å². The molecule has 2 heterocycles. The molecule has 0 radical (unpaired) electrons. The van der Waals surface area contributed by atoms with Gasteiger partial charge in [-0.15, -0.1) is 0 Å². The number of hydrogen-bond donors (Lipinski definition) is 1. The van der Waals surface area contributed by atoms with Crippen LogP contribution in [0.2, 0.25) is 0 Å². The van der Waals surface area contributed by atoms with Crippen LogP contribution in [0.15, 0.2) is 39.6 Å². The Bertz CT molecular complexity index is 836. The molecule has 2 aromatic heterocycles. The summed E-state index contributed by atoms with van der Waals surface area (Å²) in [6, 6.07) is 6.42. The fourth-order valence-electron chi connectivity index (χ4n) is 1.86. The van der Waals surface area contributed by atoms with Crippen LogP contribution in [-0.4, -0.2) is 28.6 Å². The fourth-order valence-corrected chi connectivity index (χ4v) is 1.86. The largest absolute Gasteiger partial charge is 0.452 e. The molecular formula is C14H11N3O5. The van der Waals surface area contributed by atoms with Crippen molar-refractivity contribution in [3.63, 3.8) is 0 Å². The van der Waals surface area contributed by atoms with E-state index in [1.165, 1.54) is 6.39 Å². The first-order valence-electron chi connectivity index (χ1n) is 6.36. The van der Waals surface area contributed by atoms with Crippen molar-refractivity contribution in [3.05, 3.63) is 42.0 Å². The average Bonchev–Trinajstić information content (AvgIpc) is 3.13. The standard InChI is InChI=1S/C14H11N3O5/c1-8-5-11(17-22-8)16-12(18)6-20-14(19)9-3-2-4-10-13(9)15-7-21-10/h2-5,7H,6H2,1H3,(H,16,17,18). The van der Waals surface area contributed by atoms with Gasteiger partial charge in [-0.2, -0.15) is 0 Å². The van der Waals surface area contributed by atoms with Crippen molar-refractivity contribution in [2.24, 2.45) is 0 Å². The SMILES string of the molecule is Cc1cc(NC(=O)COC(=O)c2cccc3ocnc23)no1. The Hall–Kier alpha value is -3.16. The zero-order valence-corrected chi connectivity index (χ0v) is 11.5. The molecule has 22 heavy (non-hydrogen) atoms. The summed E-state index contributed by atoms with van der Waals surface area (Å²) in [5.41, 5.74) is 1.09. The first-order chi connectivity index (χ1) is 10.6. The lowest BCUT2D eigenvalue weighted by atomic mass is 10.2. The van der Waals surface area contributed by atoms with Gasteiger partial charge in [-0.25, -0.2) is 9.78 Å². The number of nitrogens with zero attached hydrogens (tertiary/aromatic N) is 2. The lowest BCUT2D eigenvalue weighted by molar-refractivity contribution is -0.119. The van der Waals surface area contributed by atoms with E-state index >= 15 is 0 Å². The predicted molar refractivity (Wildman–Crippen MR) is 74.2 cm³/mol. The van der Waals surface area contributed by atoms with Crippen LogP contribution in [0, 0.1) is 6.92 Å². The number of carbonyl (C=O) groups is 2. The van der Waals surface area contributed by atoms with Crippen LogP contribution in [0.3, 0.4) is 0 Å². The number of aromatic nitrogens is 2. The van der Waals surface area contributed by atoms with E-state index in [0.29, 0.717) is 16.9 Å². The van der Waals surface area contributed by atoms with Crippen LogP contribution < -0.4 is 5.32 Å². The summed E-state index contributed by atoms with van der Waals surface area (Å²) in [5.74, 6) is -0.359. The summed E-state index contributed by atoms with van der Waals surface area (Å²) >= 11 is 0. The summed E-state index contributed by atoms with van der Waals surface area (Å²) in [5, 5.41) is 6.05. The zero-order valence-electron chi connectivity index (χ0n) is 11.5.